The van der Waals surface area contributed by atoms with E-state index in [2.05, 4.69) is 5.97 Å². The lowest BCUT2D eigenvalue weighted by molar-refractivity contribution is -0.0551. The Labute approximate surface area is 80.3 Å². The third-order valence-electron chi connectivity index (χ3n) is 3.29. The summed E-state index contributed by atoms with van der Waals surface area (Å²) in [6.45, 7) is 0.307. The molecule has 0 atom stereocenters. The Morgan fingerprint density at radius 1 is 1.08 bits per heavy atom. The van der Waals surface area contributed by atoms with Gasteiger partial charge in [-0.05, 0) is 32.1 Å². The van der Waals surface area contributed by atoms with Gasteiger partial charge in [0.15, 0.2) is 0 Å². The van der Waals surface area contributed by atoms with Crippen LogP contribution in [0.4, 0.5) is 0 Å². The largest absolute Gasteiger partial charge is 0.375 e. The topological polar surface area (TPSA) is 33.0 Å². The molecule has 1 aliphatic heterocycles. The first-order valence-electron chi connectivity index (χ1n) is 5.43. The van der Waals surface area contributed by atoms with Crippen molar-refractivity contribution in [3.63, 3.8) is 0 Å². The molecule has 0 bridgehead atoms. The zero-order valence-corrected chi connectivity index (χ0v) is 8.04. The van der Waals surface area contributed by atoms with Crippen LogP contribution < -0.4 is 0 Å². The average Bonchev–Trinajstić information content (AvgIpc) is 2.12. The molecular weight excluding hydrogens is 161 g/mol. The highest BCUT2D eigenvalue weighted by Crippen LogP contribution is 2.29. The van der Waals surface area contributed by atoms with Crippen molar-refractivity contribution in [2.75, 3.05) is 0 Å². The summed E-state index contributed by atoms with van der Waals surface area (Å²) in [5, 5.41) is 8.73. The minimum Gasteiger partial charge on any atom is -0.375 e. The van der Waals surface area contributed by atoms with Gasteiger partial charge in [0.1, 0.15) is 0 Å². The Balaban J connectivity index is 1.69. The molecule has 1 saturated carbocycles. The van der Waals surface area contributed by atoms with Gasteiger partial charge in [0, 0.05) is 5.97 Å². The summed E-state index contributed by atoms with van der Waals surface area (Å²) in [6, 6.07) is 0. The maximum absolute atomic E-state index is 8.73. The van der Waals surface area contributed by atoms with Gasteiger partial charge >= 0.3 is 0 Å². The Bertz CT molecular complexity index is 201. The number of nitriles is 1. The van der Waals surface area contributed by atoms with Crippen molar-refractivity contribution in [3.8, 4) is 5.97 Å². The van der Waals surface area contributed by atoms with Gasteiger partial charge in [-0.15, -0.1) is 0 Å². The van der Waals surface area contributed by atoms with Crippen LogP contribution in [0.1, 0.15) is 32.1 Å². The highest BCUT2D eigenvalue weighted by Gasteiger charge is 2.28. The van der Waals surface area contributed by atoms with Crippen LogP contribution >= 0.6 is 0 Å². The highest BCUT2D eigenvalue weighted by molar-refractivity contribution is 6.67. The molecule has 3 heteroatoms. The summed E-state index contributed by atoms with van der Waals surface area (Å²) >= 11 is 0. The first-order valence-corrected chi connectivity index (χ1v) is 5.43. The summed E-state index contributed by atoms with van der Waals surface area (Å²) in [5.74, 6) is 2.35. The maximum Gasteiger partial charge on any atom is 0.268 e. The third kappa shape index (κ3) is 2.25. The molecule has 0 N–H and O–H groups in total. The minimum absolute atomic E-state index is 0.307. The summed E-state index contributed by atoms with van der Waals surface area (Å²) in [4.78, 5) is 0. The summed E-state index contributed by atoms with van der Waals surface area (Å²) in [7, 11) is 0. The second-order valence-electron chi connectivity index (χ2n) is 4.29. The van der Waals surface area contributed by atoms with Gasteiger partial charge in [-0.2, -0.15) is 0 Å². The smallest absolute Gasteiger partial charge is 0.268 e. The van der Waals surface area contributed by atoms with Crippen molar-refractivity contribution in [2.45, 2.75) is 57.0 Å². The van der Waals surface area contributed by atoms with Crippen molar-refractivity contribution >= 4 is 6.71 Å². The van der Waals surface area contributed by atoms with Crippen LogP contribution in [-0.4, -0.2) is 18.9 Å². The van der Waals surface area contributed by atoms with Gasteiger partial charge in [0.25, 0.3) is 6.71 Å². The summed E-state index contributed by atoms with van der Waals surface area (Å²) in [5.41, 5.74) is 0. The number of nitrogens with zero attached hydrogens (tertiary/aromatic N) is 1. The Hall–Kier alpha value is -0.485. The Kier molecular flexibility index (Phi) is 2.90. The molecule has 2 fully saturated rings. The predicted octanol–water partition coefficient (Wildman–Crippen LogP) is 2.28. The molecule has 0 aromatic carbocycles. The molecule has 0 spiro atoms. The van der Waals surface area contributed by atoms with Gasteiger partial charge in [-0.25, -0.2) is 5.26 Å². The van der Waals surface area contributed by atoms with Crippen LogP contribution in [0.15, 0.2) is 0 Å². The molecular formula is C10H16BNO. The maximum atomic E-state index is 8.73. The molecule has 13 heavy (non-hydrogen) atoms. The minimum atomic E-state index is 0.307. The Morgan fingerprint density at radius 3 is 2.15 bits per heavy atom. The monoisotopic (exact) mass is 177 g/mol. The van der Waals surface area contributed by atoms with Gasteiger partial charge < -0.3 is 4.74 Å². The zero-order valence-electron chi connectivity index (χ0n) is 8.04. The van der Waals surface area contributed by atoms with E-state index in [-0.39, 0.29) is 0 Å². The highest BCUT2D eigenvalue weighted by atomic mass is 16.5. The zero-order chi connectivity index (χ0) is 9.10. The molecule has 1 aliphatic carbocycles. The van der Waals surface area contributed by atoms with Crippen LogP contribution in [0, 0.1) is 11.2 Å². The van der Waals surface area contributed by atoms with E-state index in [1.54, 1.807) is 0 Å². The van der Waals surface area contributed by atoms with E-state index in [0.717, 1.165) is 25.5 Å². The van der Waals surface area contributed by atoms with Crippen LogP contribution in [0.25, 0.3) is 0 Å². The molecule has 2 nitrogen and oxygen atoms in total. The quantitative estimate of drug-likeness (QED) is 0.606. The van der Waals surface area contributed by atoms with Crippen LogP contribution in [0.3, 0.4) is 0 Å². The second kappa shape index (κ2) is 4.15. The number of rotatable bonds is 2. The summed E-state index contributed by atoms with van der Waals surface area (Å²) < 4.78 is 5.91. The van der Waals surface area contributed by atoms with Gasteiger partial charge in [-0.1, -0.05) is 12.6 Å². The first kappa shape index (κ1) is 9.08. The van der Waals surface area contributed by atoms with E-state index in [9.17, 15) is 0 Å². The van der Waals surface area contributed by atoms with E-state index in [4.69, 9.17) is 10.00 Å². The normalized spacial score (nSPS) is 25.3. The van der Waals surface area contributed by atoms with Crippen LogP contribution in [-0.2, 0) is 4.74 Å². The molecule has 0 aromatic rings. The van der Waals surface area contributed by atoms with E-state index < -0.39 is 0 Å². The molecule has 2 rings (SSSR count). The van der Waals surface area contributed by atoms with E-state index in [1.807, 2.05) is 0 Å². The molecule has 1 heterocycles. The molecule has 0 aromatic heterocycles. The van der Waals surface area contributed by atoms with E-state index >= 15 is 0 Å². The summed E-state index contributed by atoms with van der Waals surface area (Å²) in [6.07, 6.45) is 9.21. The fourth-order valence-electron chi connectivity index (χ4n) is 2.11. The van der Waals surface area contributed by atoms with Crippen molar-refractivity contribution in [1.82, 2.24) is 0 Å². The van der Waals surface area contributed by atoms with Crippen molar-refractivity contribution < 1.29 is 4.74 Å². The fraction of sp³-hybridized carbons (Fsp3) is 0.900. The molecule has 1 saturated heterocycles. The fourth-order valence-corrected chi connectivity index (χ4v) is 2.11. The van der Waals surface area contributed by atoms with E-state index in [1.165, 1.54) is 19.3 Å². The standard InChI is InChI=1S/C10H16BNO/c12-8-11-6-4-10(5-7-11)13-9-2-1-3-9/h9-10H,1-7H2. The number of ether oxygens (including phenoxy) is 1. The lowest BCUT2D eigenvalue weighted by Gasteiger charge is -2.32. The molecule has 0 amide bonds. The van der Waals surface area contributed by atoms with Gasteiger partial charge in [-0.3, -0.25) is 0 Å². The van der Waals surface area contributed by atoms with Gasteiger partial charge in [0.05, 0.1) is 12.2 Å². The number of hydrogen-bond donors (Lipinski definition) is 0. The second-order valence-corrected chi connectivity index (χ2v) is 4.29. The molecule has 0 unspecified atom stereocenters. The van der Waals surface area contributed by atoms with Crippen LogP contribution in [0.5, 0.6) is 0 Å². The molecule has 2 aliphatic rings. The first-order chi connectivity index (χ1) is 6.38. The predicted molar refractivity (Wildman–Crippen MR) is 52.7 cm³/mol. The third-order valence-corrected chi connectivity index (χ3v) is 3.29. The molecule has 0 radical (unpaired) electrons. The molecule has 70 valence electrons. The lowest BCUT2D eigenvalue weighted by Crippen LogP contribution is -2.32. The number of hydrogen-bond acceptors (Lipinski definition) is 2. The lowest BCUT2D eigenvalue weighted by atomic mass is 9.42. The van der Waals surface area contributed by atoms with Crippen molar-refractivity contribution in [3.05, 3.63) is 0 Å². The average molecular weight is 177 g/mol. The Morgan fingerprint density at radius 2 is 1.69 bits per heavy atom. The SMILES string of the molecule is N#CB1CCC(OC2CCC2)CC1. The van der Waals surface area contributed by atoms with Crippen LogP contribution in [0.2, 0.25) is 12.6 Å². The van der Waals surface area contributed by atoms with Crippen molar-refractivity contribution in [1.29, 1.82) is 5.26 Å². The van der Waals surface area contributed by atoms with E-state index in [0.29, 0.717) is 18.9 Å². The van der Waals surface area contributed by atoms with Gasteiger partial charge in [0.2, 0.25) is 0 Å². The van der Waals surface area contributed by atoms with Crippen molar-refractivity contribution in [2.24, 2.45) is 0 Å².